The molecule has 0 aromatic heterocycles. The molecule has 2 atom stereocenters. The molecule has 2 unspecified atom stereocenters. The van der Waals surface area contributed by atoms with E-state index in [9.17, 15) is 9.59 Å². The van der Waals surface area contributed by atoms with Crippen molar-refractivity contribution in [3.63, 3.8) is 0 Å². The van der Waals surface area contributed by atoms with Gasteiger partial charge in [-0.25, -0.2) is 0 Å². The Balaban J connectivity index is 1.60. The van der Waals surface area contributed by atoms with E-state index in [4.69, 9.17) is 4.74 Å². The topological polar surface area (TPSA) is 58.6 Å². The largest absolute Gasteiger partial charge is 0.355 e. The zero-order chi connectivity index (χ0) is 14.1. The Morgan fingerprint density at radius 1 is 1.05 bits per heavy atom. The molecule has 0 aromatic carbocycles. The normalized spacial score (nSPS) is 37.5. The van der Waals surface area contributed by atoms with Crippen LogP contribution < -0.4 is 5.32 Å². The number of rotatable bonds is 4. The van der Waals surface area contributed by atoms with Gasteiger partial charge in [-0.15, -0.1) is 0 Å². The van der Waals surface area contributed by atoms with Gasteiger partial charge < -0.3 is 10.1 Å². The molecule has 3 fully saturated rings. The molecule has 1 aliphatic carbocycles. The summed E-state index contributed by atoms with van der Waals surface area (Å²) in [5.74, 6) is -0.178. The van der Waals surface area contributed by atoms with Crippen LogP contribution in [0.3, 0.4) is 0 Å². The van der Waals surface area contributed by atoms with Crippen LogP contribution in [0.5, 0.6) is 0 Å². The Morgan fingerprint density at radius 3 is 2.20 bits per heavy atom. The van der Waals surface area contributed by atoms with Crippen molar-refractivity contribution in [3.05, 3.63) is 0 Å². The lowest BCUT2D eigenvalue weighted by molar-refractivity contribution is -0.172. The number of ether oxygens (including phenoxy) is 1. The van der Waals surface area contributed by atoms with Crippen molar-refractivity contribution >= 4 is 11.8 Å². The Bertz CT molecular complexity index is 369. The van der Waals surface area contributed by atoms with Crippen molar-refractivity contribution in [2.45, 2.75) is 76.2 Å². The Hall–Kier alpha value is -0.940. The van der Waals surface area contributed by atoms with Crippen LogP contribution in [-0.4, -0.2) is 47.6 Å². The van der Waals surface area contributed by atoms with Crippen LogP contribution in [0, 0.1) is 0 Å². The molecular formula is C15H24N2O3. The lowest BCUT2D eigenvalue weighted by Crippen LogP contribution is -2.57. The molecular weight excluding hydrogens is 256 g/mol. The van der Waals surface area contributed by atoms with E-state index in [0.29, 0.717) is 18.9 Å². The zero-order valence-electron chi connectivity index (χ0n) is 12.1. The molecule has 2 amide bonds. The fourth-order valence-electron chi connectivity index (χ4n) is 3.67. The van der Waals surface area contributed by atoms with Crippen molar-refractivity contribution in [2.24, 2.45) is 0 Å². The van der Waals surface area contributed by atoms with Crippen LogP contribution in [0.2, 0.25) is 0 Å². The van der Waals surface area contributed by atoms with E-state index in [1.165, 1.54) is 0 Å². The van der Waals surface area contributed by atoms with Gasteiger partial charge in [-0.1, -0.05) is 6.92 Å². The molecule has 2 saturated heterocycles. The van der Waals surface area contributed by atoms with E-state index in [-0.39, 0.29) is 30.1 Å². The molecule has 0 spiro atoms. The minimum atomic E-state index is -0.353. The first-order valence-electron chi connectivity index (χ1n) is 7.96. The molecule has 5 heteroatoms. The number of nitrogens with zero attached hydrogens (tertiary/aromatic N) is 1. The van der Waals surface area contributed by atoms with Gasteiger partial charge in [0, 0.05) is 12.1 Å². The number of morpholine rings is 1. The molecule has 112 valence electrons. The second-order valence-electron chi connectivity index (χ2n) is 6.20. The monoisotopic (exact) mass is 280 g/mol. The molecule has 2 heterocycles. The molecule has 0 aromatic rings. The number of nitrogens with one attached hydrogen (secondary N) is 1. The summed E-state index contributed by atoms with van der Waals surface area (Å²) < 4.78 is 5.46. The van der Waals surface area contributed by atoms with E-state index < -0.39 is 0 Å². The molecule has 0 radical (unpaired) electrons. The summed E-state index contributed by atoms with van der Waals surface area (Å²) in [5, 5.41) is 3.53. The summed E-state index contributed by atoms with van der Waals surface area (Å²) in [4.78, 5) is 26.2. The number of carbonyl (C=O) groups excluding carboxylic acids is 2. The van der Waals surface area contributed by atoms with Gasteiger partial charge in [0.15, 0.2) is 0 Å². The summed E-state index contributed by atoms with van der Waals surface area (Å²) in [5.41, 5.74) is 0. The minimum Gasteiger partial charge on any atom is -0.355 e. The maximum atomic E-state index is 12.3. The van der Waals surface area contributed by atoms with Crippen LogP contribution >= 0.6 is 0 Å². The van der Waals surface area contributed by atoms with E-state index in [1.807, 2.05) is 0 Å². The number of amides is 2. The maximum absolute atomic E-state index is 12.3. The average molecular weight is 280 g/mol. The van der Waals surface area contributed by atoms with Gasteiger partial charge in [-0.3, -0.25) is 14.5 Å². The first-order chi connectivity index (χ1) is 9.70. The van der Waals surface area contributed by atoms with Crippen LogP contribution in [0.1, 0.15) is 51.9 Å². The van der Waals surface area contributed by atoms with Gasteiger partial charge in [0.05, 0.1) is 0 Å². The molecule has 2 aliphatic heterocycles. The highest BCUT2D eigenvalue weighted by Crippen LogP contribution is 2.33. The fourth-order valence-corrected chi connectivity index (χ4v) is 3.67. The predicted octanol–water partition coefficient (Wildman–Crippen LogP) is 1.21. The molecule has 1 N–H and O–H groups in total. The van der Waals surface area contributed by atoms with Gasteiger partial charge in [0.1, 0.15) is 12.2 Å². The standard InChI is InChI=1S/C15H24N2O3/c1-2-9-16-10-3-5-11(6-4-10)17-14(18)12-7-8-13(20-12)15(17)19/h10-13,16H,2-9H2,1H3. The van der Waals surface area contributed by atoms with Crippen LogP contribution in [0.25, 0.3) is 0 Å². The van der Waals surface area contributed by atoms with Crippen molar-refractivity contribution in [2.75, 3.05) is 6.54 Å². The Kier molecular flexibility index (Phi) is 4.08. The van der Waals surface area contributed by atoms with E-state index in [0.717, 1.165) is 38.6 Å². The number of imide groups is 1. The number of carbonyl (C=O) groups is 2. The number of hydrogen-bond acceptors (Lipinski definition) is 4. The first kappa shape index (κ1) is 14.0. The number of hydrogen-bond donors (Lipinski definition) is 1. The summed E-state index contributed by atoms with van der Waals surface area (Å²) in [6.45, 7) is 3.22. The van der Waals surface area contributed by atoms with Crippen LogP contribution in [-0.2, 0) is 14.3 Å². The lowest BCUT2D eigenvalue weighted by Gasteiger charge is -2.39. The third-order valence-electron chi connectivity index (χ3n) is 4.79. The Labute approximate surface area is 120 Å². The second kappa shape index (κ2) is 5.82. The average Bonchev–Trinajstić information content (AvgIpc) is 2.92. The predicted molar refractivity (Wildman–Crippen MR) is 74.1 cm³/mol. The smallest absolute Gasteiger partial charge is 0.258 e. The molecule has 20 heavy (non-hydrogen) atoms. The highest BCUT2D eigenvalue weighted by atomic mass is 16.5. The van der Waals surface area contributed by atoms with Gasteiger partial charge in [-0.05, 0) is 51.5 Å². The Morgan fingerprint density at radius 2 is 1.65 bits per heavy atom. The number of fused-ring (bicyclic) bond motifs is 2. The third-order valence-corrected chi connectivity index (χ3v) is 4.79. The molecule has 3 rings (SSSR count). The maximum Gasteiger partial charge on any atom is 0.258 e. The summed E-state index contributed by atoms with van der Waals surface area (Å²) in [7, 11) is 0. The van der Waals surface area contributed by atoms with Crippen molar-refractivity contribution < 1.29 is 14.3 Å². The van der Waals surface area contributed by atoms with Crippen molar-refractivity contribution in [1.82, 2.24) is 10.2 Å². The molecule has 3 aliphatic rings. The van der Waals surface area contributed by atoms with Gasteiger partial charge in [0.25, 0.3) is 11.8 Å². The third kappa shape index (κ3) is 2.49. The zero-order valence-corrected chi connectivity index (χ0v) is 12.1. The van der Waals surface area contributed by atoms with Gasteiger partial charge in [0.2, 0.25) is 0 Å². The van der Waals surface area contributed by atoms with E-state index in [1.54, 1.807) is 4.90 Å². The minimum absolute atomic E-state index is 0.0892. The molecule has 5 nitrogen and oxygen atoms in total. The summed E-state index contributed by atoms with van der Waals surface area (Å²) in [6, 6.07) is 0.649. The molecule has 2 bridgehead atoms. The van der Waals surface area contributed by atoms with Crippen LogP contribution in [0.15, 0.2) is 0 Å². The van der Waals surface area contributed by atoms with Gasteiger partial charge in [-0.2, -0.15) is 0 Å². The molecule has 1 saturated carbocycles. The summed E-state index contributed by atoms with van der Waals surface area (Å²) in [6.07, 6.45) is 5.82. The van der Waals surface area contributed by atoms with Crippen molar-refractivity contribution in [1.29, 1.82) is 0 Å². The van der Waals surface area contributed by atoms with Gasteiger partial charge >= 0.3 is 0 Å². The second-order valence-corrected chi connectivity index (χ2v) is 6.20. The lowest BCUT2D eigenvalue weighted by atomic mass is 9.89. The first-order valence-corrected chi connectivity index (χ1v) is 7.96. The van der Waals surface area contributed by atoms with Crippen LogP contribution in [0.4, 0.5) is 0 Å². The summed E-state index contributed by atoms with van der Waals surface area (Å²) >= 11 is 0. The SMILES string of the molecule is CCCNC1CCC(N2C(=O)C3CCC(O3)C2=O)CC1. The quantitative estimate of drug-likeness (QED) is 0.787. The van der Waals surface area contributed by atoms with E-state index >= 15 is 0 Å². The van der Waals surface area contributed by atoms with E-state index in [2.05, 4.69) is 12.2 Å². The highest BCUT2D eigenvalue weighted by molar-refractivity contribution is 6.02. The number of likely N-dealkylation sites (tertiary alicyclic amines) is 1. The fraction of sp³-hybridized carbons (Fsp3) is 0.867. The van der Waals surface area contributed by atoms with Crippen molar-refractivity contribution in [3.8, 4) is 0 Å². The highest BCUT2D eigenvalue weighted by Gasteiger charge is 2.49.